The molecule has 0 radical (unpaired) electrons. The number of hydrogen-bond donors (Lipinski definition) is 1. The van der Waals surface area contributed by atoms with Crippen molar-refractivity contribution < 1.29 is 14.1 Å². The highest BCUT2D eigenvalue weighted by Gasteiger charge is 2.15. The predicted molar refractivity (Wildman–Crippen MR) is 107 cm³/mol. The number of nitro groups is 1. The number of carbonyl (C=O) groups excluding carboxylic acids is 1. The van der Waals surface area contributed by atoms with Crippen molar-refractivity contribution in [2.24, 2.45) is 0 Å². The molecule has 3 rings (SSSR count). The Morgan fingerprint density at radius 3 is 2.45 bits per heavy atom. The standard InChI is InChI=1S/C22H17N3O4/c1-15(16-5-3-2-4-6-16)24-22(26)18(14-23)13-20-11-12-21(29-20)17-7-9-19(10-8-17)25(27)28/h2-13,15H,1H3,(H,24,26)/b18-13+. The van der Waals surface area contributed by atoms with E-state index in [1.54, 1.807) is 24.3 Å². The second kappa shape index (κ2) is 8.67. The van der Waals surface area contributed by atoms with Gasteiger partial charge in [0.25, 0.3) is 11.6 Å². The van der Waals surface area contributed by atoms with E-state index in [4.69, 9.17) is 4.42 Å². The molecule has 1 N–H and O–H groups in total. The third-order valence-electron chi connectivity index (χ3n) is 4.29. The molecule has 0 bridgehead atoms. The molecular weight excluding hydrogens is 370 g/mol. The van der Waals surface area contributed by atoms with Crippen molar-refractivity contribution >= 4 is 17.7 Å². The van der Waals surface area contributed by atoms with E-state index in [-0.39, 0.29) is 17.3 Å². The average molecular weight is 387 g/mol. The Morgan fingerprint density at radius 2 is 1.83 bits per heavy atom. The Labute approximate surface area is 167 Å². The highest BCUT2D eigenvalue weighted by molar-refractivity contribution is 6.01. The lowest BCUT2D eigenvalue weighted by Crippen LogP contribution is -2.27. The van der Waals surface area contributed by atoms with Crippen LogP contribution in [0.2, 0.25) is 0 Å². The van der Waals surface area contributed by atoms with Gasteiger partial charge in [-0.3, -0.25) is 14.9 Å². The number of furan rings is 1. The fourth-order valence-corrected chi connectivity index (χ4v) is 2.72. The third-order valence-corrected chi connectivity index (χ3v) is 4.29. The minimum Gasteiger partial charge on any atom is -0.457 e. The number of nitriles is 1. The number of nitrogens with zero attached hydrogens (tertiary/aromatic N) is 2. The number of hydrogen-bond acceptors (Lipinski definition) is 5. The van der Waals surface area contributed by atoms with Gasteiger partial charge in [-0.1, -0.05) is 30.3 Å². The van der Waals surface area contributed by atoms with Crippen LogP contribution in [-0.2, 0) is 4.79 Å². The van der Waals surface area contributed by atoms with Gasteiger partial charge >= 0.3 is 0 Å². The van der Waals surface area contributed by atoms with E-state index in [1.165, 1.54) is 18.2 Å². The SMILES string of the molecule is CC(NC(=O)/C(C#N)=C/c1ccc(-c2ccc([N+](=O)[O-])cc2)o1)c1ccccc1. The Balaban J connectivity index is 1.75. The van der Waals surface area contributed by atoms with E-state index in [2.05, 4.69) is 5.32 Å². The van der Waals surface area contributed by atoms with Gasteiger partial charge in [0, 0.05) is 23.8 Å². The Kier molecular flexibility index (Phi) is 5.85. The molecule has 0 spiro atoms. The molecule has 0 aliphatic carbocycles. The molecule has 0 aliphatic rings. The highest BCUT2D eigenvalue weighted by atomic mass is 16.6. The minimum atomic E-state index is -0.503. The maximum atomic E-state index is 12.4. The van der Waals surface area contributed by atoms with E-state index in [0.717, 1.165) is 5.56 Å². The van der Waals surface area contributed by atoms with Gasteiger partial charge in [-0.15, -0.1) is 0 Å². The zero-order valence-corrected chi connectivity index (χ0v) is 15.5. The molecule has 0 aliphatic heterocycles. The monoisotopic (exact) mass is 387 g/mol. The molecule has 0 saturated heterocycles. The number of non-ortho nitro benzene ring substituents is 1. The molecule has 7 heteroatoms. The summed E-state index contributed by atoms with van der Waals surface area (Å²) in [5, 5.41) is 22.9. The number of rotatable bonds is 6. The zero-order valence-electron chi connectivity index (χ0n) is 15.5. The Morgan fingerprint density at radius 1 is 1.14 bits per heavy atom. The van der Waals surface area contributed by atoms with Crippen LogP contribution in [0.5, 0.6) is 0 Å². The first-order valence-electron chi connectivity index (χ1n) is 8.80. The number of nitro benzene ring substituents is 1. The summed E-state index contributed by atoms with van der Waals surface area (Å²) in [5.41, 5.74) is 1.47. The molecule has 2 aromatic carbocycles. The van der Waals surface area contributed by atoms with Gasteiger partial charge in [-0.05, 0) is 36.8 Å². The molecule has 1 atom stereocenters. The van der Waals surface area contributed by atoms with Crippen LogP contribution in [0.15, 0.2) is 76.7 Å². The molecule has 1 aromatic heterocycles. The minimum absolute atomic E-state index is 0.0172. The van der Waals surface area contributed by atoms with E-state index in [9.17, 15) is 20.2 Å². The Hall–Kier alpha value is -4.18. The number of amides is 1. The summed E-state index contributed by atoms with van der Waals surface area (Å²) in [6.45, 7) is 1.84. The summed E-state index contributed by atoms with van der Waals surface area (Å²) in [5.74, 6) is 0.302. The number of benzene rings is 2. The lowest BCUT2D eigenvalue weighted by Gasteiger charge is -2.13. The molecule has 0 fully saturated rings. The van der Waals surface area contributed by atoms with E-state index in [0.29, 0.717) is 17.1 Å². The van der Waals surface area contributed by atoms with Crippen LogP contribution in [0.4, 0.5) is 5.69 Å². The molecule has 3 aromatic rings. The zero-order chi connectivity index (χ0) is 20.8. The summed E-state index contributed by atoms with van der Waals surface area (Å²) in [7, 11) is 0. The van der Waals surface area contributed by atoms with Crippen molar-refractivity contribution in [3.8, 4) is 17.4 Å². The Bertz CT molecular complexity index is 1090. The van der Waals surface area contributed by atoms with Crippen LogP contribution >= 0.6 is 0 Å². The summed E-state index contributed by atoms with van der Waals surface area (Å²) < 4.78 is 5.66. The van der Waals surface area contributed by atoms with Crippen LogP contribution in [0.1, 0.15) is 24.3 Å². The predicted octanol–water partition coefficient (Wildman–Crippen LogP) is 4.64. The van der Waals surface area contributed by atoms with Gasteiger partial charge in [0.15, 0.2) is 0 Å². The van der Waals surface area contributed by atoms with Crippen LogP contribution in [0.25, 0.3) is 17.4 Å². The van der Waals surface area contributed by atoms with Gasteiger partial charge in [0.1, 0.15) is 23.2 Å². The topological polar surface area (TPSA) is 109 Å². The van der Waals surface area contributed by atoms with Crippen LogP contribution < -0.4 is 5.32 Å². The van der Waals surface area contributed by atoms with E-state index in [1.807, 2.05) is 43.3 Å². The molecular formula is C22H17N3O4. The van der Waals surface area contributed by atoms with Gasteiger partial charge in [-0.2, -0.15) is 5.26 Å². The summed E-state index contributed by atoms with van der Waals surface area (Å²) in [6.07, 6.45) is 1.36. The molecule has 1 heterocycles. The van der Waals surface area contributed by atoms with Gasteiger partial charge < -0.3 is 9.73 Å². The largest absolute Gasteiger partial charge is 0.457 e. The second-order valence-corrected chi connectivity index (χ2v) is 6.28. The average Bonchev–Trinajstić information content (AvgIpc) is 3.21. The molecule has 0 saturated carbocycles. The van der Waals surface area contributed by atoms with Crippen LogP contribution in [0, 0.1) is 21.4 Å². The summed E-state index contributed by atoms with van der Waals surface area (Å²) >= 11 is 0. The quantitative estimate of drug-likeness (QED) is 0.287. The second-order valence-electron chi connectivity index (χ2n) is 6.28. The first-order chi connectivity index (χ1) is 14.0. The van der Waals surface area contributed by atoms with Crippen molar-refractivity contribution in [3.05, 3.63) is 93.7 Å². The van der Waals surface area contributed by atoms with E-state index >= 15 is 0 Å². The number of carbonyl (C=O) groups is 1. The fourth-order valence-electron chi connectivity index (χ4n) is 2.72. The van der Waals surface area contributed by atoms with E-state index < -0.39 is 10.8 Å². The lowest BCUT2D eigenvalue weighted by molar-refractivity contribution is -0.384. The first kappa shape index (κ1) is 19.6. The van der Waals surface area contributed by atoms with Crippen molar-refractivity contribution in [1.29, 1.82) is 5.26 Å². The van der Waals surface area contributed by atoms with Crippen molar-refractivity contribution in [2.45, 2.75) is 13.0 Å². The molecule has 1 unspecified atom stereocenters. The normalized spacial score (nSPS) is 12.1. The van der Waals surface area contributed by atoms with Gasteiger partial charge in [0.2, 0.25) is 0 Å². The maximum absolute atomic E-state index is 12.4. The molecule has 1 amide bonds. The summed E-state index contributed by atoms with van der Waals surface area (Å²) in [6, 6.07) is 20.3. The van der Waals surface area contributed by atoms with Crippen LogP contribution in [-0.4, -0.2) is 10.8 Å². The summed E-state index contributed by atoms with van der Waals surface area (Å²) in [4.78, 5) is 22.7. The smallest absolute Gasteiger partial charge is 0.269 e. The molecule has 144 valence electrons. The lowest BCUT2D eigenvalue weighted by atomic mass is 10.1. The maximum Gasteiger partial charge on any atom is 0.269 e. The number of nitrogens with one attached hydrogen (secondary N) is 1. The molecule has 29 heavy (non-hydrogen) atoms. The molecule has 7 nitrogen and oxygen atoms in total. The van der Waals surface area contributed by atoms with Crippen molar-refractivity contribution in [2.75, 3.05) is 0 Å². The van der Waals surface area contributed by atoms with Crippen LogP contribution in [0.3, 0.4) is 0 Å². The van der Waals surface area contributed by atoms with Crippen molar-refractivity contribution in [1.82, 2.24) is 5.32 Å². The van der Waals surface area contributed by atoms with Crippen molar-refractivity contribution in [3.63, 3.8) is 0 Å². The third kappa shape index (κ3) is 4.76. The highest BCUT2D eigenvalue weighted by Crippen LogP contribution is 2.25. The van der Waals surface area contributed by atoms with Gasteiger partial charge in [0.05, 0.1) is 11.0 Å². The van der Waals surface area contributed by atoms with Gasteiger partial charge in [-0.25, -0.2) is 0 Å². The fraction of sp³-hybridized carbons (Fsp3) is 0.0909. The first-order valence-corrected chi connectivity index (χ1v) is 8.80.